The van der Waals surface area contributed by atoms with Crippen LogP contribution in [0.15, 0.2) is 0 Å². The number of aliphatic hydroxyl groups is 1. The number of hydrogen-bond acceptors (Lipinski definition) is 3. The molecule has 2 fully saturated rings. The van der Waals surface area contributed by atoms with E-state index in [4.69, 9.17) is 10.2 Å². The number of rotatable bonds is 4. The van der Waals surface area contributed by atoms with E-state index in [0.29, 0.717) is 19.5 Å². The molecule has 6 nitrogen and oxygen atoms in total. The van der Waals surface area contributed by atoms with Gasteiger partial charge in [0.05, 0.1) is 6.61 Å². The SMILES string of the molecule is O=C(O)C1CCCCN1C(=O)N(CCO)C1CC1. The van der Waals surface area contributed by atoms with E-state index in [0.717, 1.165) is 25.7 Å². The summed E-state index contributed by atoms with van der Waals surface area (Å²) in [5, 5.41) is 18.2. The summed E-state index contributed by atoms with van der Waals surface area (Å²) >= 11 is 0. The molecule has 1 aliphatic heterocycles. The highest BCUT2D eigenvalue weighted by Gasteiger charge is 2.39. The van der Waals surface area contributed by atoms with E-state index < -0.39 is 12.0 Å². The first-order valence-corrected chi connectivity index (χ1v) is 6.56. The van der Waals surface area contributed by atoms with Crippen molar-refractivity contribution in [2.24, 2.45) is 0 Å². The van der Waals surface area contributed by atoms with E-state index in [-0.39, 0.29) is 18.7 Å². The first-order valence-electron chi connectivity index (χ1n) is 6.56. The van der Waals surface area contributed by atoms with Crippen molar-refractivity contribution in [2.75, 3.05) is 19.7 Å². The third-order valence-corrected chi connectivity index (χ3v) is 3.61. The monoisotopic (exact) mass is 256 g/mol. The lowest BCUT2D eigenvalue weighted by Crippen LogP contribution is -2.54. The number of aliphatic carboxylic acids is 1. The lowest BCUT2D eigenvalue weighted by atomic mass is 10.0. The number of carboxylic acids is 1. The van der Waals surface area contributed by atoms with Gasteiger partial charge in [0.2, 0.25) is 0 Å². The van der Waals surface area contributed by atoms with Crippen LogP contribution in [-0.2, 0) is 4.79 Å². The zero-order valence-corrected chi connectivity index (χ0v) is 10.4. The standard InChI is InChI=1S/C12H20N2O4/c15-8-7-13(9-4-5-9)12(18)14-6-2-1-3-10(14)11(16)17/h9-10,15H,1-8H2,(H,16,17). The minimum absolute atomic E-state index is 0.0756. The Kier molecular flexibility index (Phi) is 4.06. The van der Waals surface area contributed by atoms with Crippen molar-refractivity contribution in [1.82, 2.24) is 9.80 Å². The molecule has 18 heavy (non-hydrogen) atoms. The van der Waals surface area contributed by atoms with Gasteiger partial charge in [-0.3, -0.25) is 0 Å². The summed E-state index contributed by atoms with van der Waals surface area (Å²) in [6, 6.07) is -0.731. The van der Waals surface area contributed by atoms with E-state index in [1.54, 1.807) is 4.90 Å². The molecule has 6 heteroatoms. The quantitative estimate of drug-likeness (QED) is 0.767. The zero-order valence-electron chi connectivity index (χ0n) is 10.4. The topological polar surface area (TPSA) is 81.1 Å². The molecule has 1 saturated carbocycles. The van der Waals surface area contributed by atoms with E-state index in [1.165, 1.54) is 4.90 Å². The molecule has 0 aromatic carbocycles. The normalized spacial score (nSPS) is 23.8. The molecule has 1 heterocycles. The maximum Gasteiger partial charge on any atom is 0.326 e. The Morgan fingerprint density at radius 2 is 1.94 bits per heavy atom. The number of likely N-dealkylation sites (tertiary alicyclic amines) is 1. The maximum absolute atomic E-state index is 12.4. The minimum Gasteiger partial charge on any atom is -0.480 e. The first kappa shape index (κ1) is 13.1. The van der Waals surface area contributed by atoms with Gasteiger partial charge in [0.25, 0.3) is 0 Å². The van der Waals surface area contributed by atoms with Crippen LogP contribution in [-0.4, -0.2) is 63.8 Å². The van der Waals surface area contributed by atoms with Gasteiger partial charge in [0, 0.05) is 19.1 Å². The molecule has 1 atom stereocenters. The number of carbonyl (C=O) groups is 2. The molecular weight excluding hydrogens is 236 g/mol. The molecule has 2 aliphatic rings. The Bertz CT molecular complexity index is 330. The molecule has 1 unspecified atom stereocenters. The molecular formula is C12H20N2O4. The highest BCUT2D eigenvalue weighted by atomic mass is 16.4. The predicted octanol–water partition coefficient (Wildman–Crippen LogP) is 0.502. The molecule has 0 spiro atoms. The van der Waals surface area contributed by atoms with Crippen molar-refractivity contribution < 1.29 is 19.8 Å². The van der Waals surface area contributed by atoms with Crippen molar-refractivity contribution in [3.05, 3.63) is 0 Å². The van der Waals surface area contributed by atoms with Crippen LogP contribution in [0, 0.1) is 0 Å². The van der Waals surface area contributed by atoms with Crippen LogP contribution < -0.4 is 0 Å². The minimum atomic E-state index is -0.928. The molecule has 2 amide bonds. The van der Waals surface area contributed by atoms with Gasteiger partial charge in [-0.15, -0.1) is 0 Å². The summed E-state index contributed by atoms with van der Waals surface area (Å²) in [7, 11) is 0. The van der Waals surface area contributed by atoms with Gasteiger partial charge < -0.3 is 20.0 Å². The second kappa shape index (κ2) is 5.56. The third-order valence-electron chi connectivity index (χ3n) is 3.61. The van der Waals surface area contributed by atoms with Crippen molar-refractivity contribution in [3.63, 3.8) is 0 Å². The van der Waals surface area contributed by atoms with Crippen molar-refractivity contribution in [1.29, 1.82) is 0 Å². The third kappa shape index (κ3) is 2.75. The van der Waals surface area contributed by atoms with Gasteiger partial charge in [0.15, 0.2) is 0 Å². The molecule has 0 bridgehead atoms. The van der Waals surface area contributed by atoms with Gasteiger partial charge >= 0.3 is 12.0 Å². The first-order chi connectivity index (χ1) is 8.65. The molecule has 0 radical (unpaired) electrons. The van der Waals surface area contributed by atoms with E-state index >= 15 is 0 Å². The van der Waals surface area contributed by atoms with Gasteiger partial charge in [-0.25, -0.2) is 9.59 Å². The van der Waals surface area contributed by atoms with Crippen LogP contribution in [0.4, 0.5) is 4.79 Å². The van der Waals surface area contributed by atoms with Crippen molar-refractivity contribution in [2.45, 2.75) is 44.2 Å². The largest absolute Gasteiger partial charge is 0.480 e. The van der Waals surface area contributed by atoms with Crippen LogP contribution >= 0.6 is 0 Å². The number of hydrogen-bond donors (Lipinski definition) is 2. The lowest BCUT2D eigenvalue weighted by molar-refractivity contribution is -0.143. The fourth-order valence-corrected chi connectivity index (χ4v) is 2.51. The molecule has 102 valence electrons. The van der Waals surface area contributed by atoms with Crippen LogP contribution in [0.2, 0.25) is 0 Å². The number of urea groups is 1. The van der Waals surface area contributed by atoms with Crippen LogP contribution in [0.5, 0.6) is 0 Å². The summed E-state index contributed by atoms with van der Waals surface area (Å²) in [6.45, 7) is 0.727. The average Bonchev–Trinajstić information content (AvgIpc) is 3.19. The molecule has 2 rings (SSSR count). The summed E-state index contributed by atoms with van der Waals surface area (Å²) in [6.07, 6.45) is 4.14. The number of aliphatic hydroxyl groups excluding tert-OH is 1. The second-order valence-electron chi connectivity index (χ2n) is 4.97. The smallest absolute Gasteiger partial charge is 0.326 e. The highest BCUT2D eigenvalue weighted by molar-refractivity contribution is 5.83. The Labute approximate surface area is 106 Å². The number of carbonyl (C=O) groups excluding carboxylic acids is 1. The lowest BCUT2D eigenvalue weighted by Gasteiger charge is -2.37. The Balaban J connectivity index is 2.06. The van der Waals surface area contributed by atoms with Crippen LogP contribution in [0.3, 0.4) is 0 Å². The van der Waals surface area contributed by atoms with Crippen molar-refractivity contribution >= 4 is 12.0 Å². The van der Waals surface area contributed by atoms with E-state index in [2.05, 4.69) is 0 Å². The summed E-state index contributed by atoms with van der Waals surface area (Å²) < 4.78 is 0. The Hall–Kier alpha value is -1.30. The van der Waals surface area contributed by atoms with Crippen LogP contribution in [0.25, 0.3) is 0 Å². The number of piperidine rings is 1. The van der Waals surface area contributed by atoms with Gasteiger partial charge in [-0.1, -0.05) is 0 Å². The number of nitrogens with zero attached hydrogens (tertiary/aromatic N) is 2. The van der Waals surface area contributed by atoms with Crippen LogP contribution in [0.1, 0.15) is 32.1 Å². The summed E-state index contributed by atoms with van der Waals surface area (Å²) in [5.74, 6) is -0.928. The summed E-state index contributed by atoms with van der Waals surface area (Å²) in [4.78, 5) is 26.6. The average molecular weight is 256 g/mol. The maximum atomic E-state index is 12.4. The van der Waals surface area contributed by atoms with Gasteiger partial charge in [-0.05, 0) is 32.1 Å². The molecule has 2 N–H and O–H groups in total. The Morgan fingerprint density at radius 1 is 1.22 bits per heavy atom. The highest BCUT2D eigenvalue weighted by Crippen LogP contribution is 2.29. The molecule has 0 aromatic heterocycles. The number of amides is 2. The van der Waals surface area contributed by atoms with Gasteiger partial charge in [0.1, 0.15) is 6.04 Å². The molecule has 0 aromatic rings. The predicted molar refractivity (Wildman–Crippen MR) is 64.2 cm³/mol. The van der Waals surface area contributed by atoms with Crippen molar-refractivity contribution in [3.8, 4) is 0 Å². The zero-order chi connectivity index (χ0) is 13.1. The fraction of sp³-hybridized carbons (Fsp3) is 0.833. The summed E-state index contributed by atoms with van der Waals surface area (Å²) in [5.41, 5.74) is 0. The van der Waals surface area contributed by atoms with Gasteiger partial charge in [-0.2, -0.15) is 0 Å². The number of carboxylic acid groups (broad SMARTS) is 1. The van der Waals surface area contributed by atoms with E-state index in [1.807, 2.05) is 0 Å². The fourth-order valence-electron chi connectivity index (χ4n) is 2.51. The Morgan fingerprint density at radius 3 is 2.50 bits per heavy atom. The molecule has 1 saturated heterocycles. The molecule has 1 aliphatic carbocycles. The van der Waals surface area contributed by atoms with E-state index in [9.17, 15) is 9.59 Å². The second-order valence-corrected chi connectivity index (χ2v) is 4.97.